The van der Waals surface area contributed by atoms with Gasteiger partial charge in [0.05, 0.1) is 30.2 Å². The second kappa shape index (κ2) is 12.0. The molecule has 3 aromatic rings. The topological polar surface area (TPSA) is 78.4 Å². The van der Waals surface area contributed by atoms with Gasteiger partial charge in [-0.2, -0.15) is 0 Å². The maximum absolute atomic E-state index is 13.7. The summed E-state index contributed by atoms with van der Waals surface area (Å²) >= 11 is 0. The molecule has 1 aromatic heterocycles. The Morgan fingerprint density at radius 1 is 1.03 bits per heavy atom. The van der Waals surface area contributed by atoms with Crippen LogP contribution in [0.4, 0.5) is 14.6 Å². The Morgan fingerprint density at radius 2 is 1.69 bits per heavy atom. The van der Waals surface area contributed by atoms with Crippen molar-refractivity contribution in [2.45, 2.75) is 59.2 Å². The van der Waals surface area contributed by atoms with E-state index < -0.39 is 23.8 Å². The molecule has 8 heteroatoms. The zero-order chi connectivity index (χ0) is 26.3. The standard InChI is InChI=1S/C28H34F2N4O2/c1-19(35)33-25(12-21-10-22(29)13-23(30)11-21)26(36)18-34(17-20-8-6-5-7-9-20)27-16-31-24(15-32-27)14-28(2,3)4/h5-11,13,15-16,25-26,36H,12,14,17-18H2,1-4H3,(H,33,35). The number of hydrogen-bond acceptors (Lipinski definition) is 5. The Balaban J connectivity index is 1.85. The molecule has 0 aliphatic carbocycles. The lowest BCUT2D eigenvalue weighted by atomic mass is 9.91. The molecule has 2 aromatic carbocycles. The number of carbonyl (C=O) groups excluding carboxylic acids is 1. The highest BCUT2D eigenvalue weighted by molar-refractivity contribution is 5.73. The van der Waals surface area contributed by atoms with Crippen molar-refractivity contribution < 1.29 is 18.7 Å². The van der Waals surface area contributed by atoms with Crippen LogP contribution in [-0.2, 0) is 24.2 Å². The molecule has 2 N–H and O–H groups in total. The first-order chi connectivity index (χ1) is 17.0. The van der Waals surface area contributed by atoms with Crippen molar-refractivity contribution in [2.24, 2.45) is 5.41 Å². The van der Waals surface area contributed by atoms with E-state index in [-0.39, 0.29) is 24.3 Å². The van der Waals surface area contributed by atoms with E-state index in [1.165, 1.54) is 19.1 Å². The summed E-state index contributed by atoms with van der Waals surface area (Å²) in [6, 6.07) is 12.2. The second-order valence-electron chi connectivity index (χ2n) is 10.3. The van der Waals surface area contributed by atoms with Crippen LogP contribution in [0.1, 0.15) is 44.5 Å². The molecule has 36 heavy (non-hydrogen) atoms. The summed E-state index contributed by atoms with van der Waals surface area (Å²) in [5, 5.41) is 13.9. The molecule has 0 saturated heterocycles. The molecule has 0 aliphatic heterocycles. The molecule has 2 unspecified atom stereocenters. The lowest BCUT2D eigenvalue weighted by Gasteiger charge is -2.31. The smallest absolute Gasteiger partial charge is 0.217 e. The van der Waals surface area contributed by atoms with Crippen molar-refractivity contribution in [2.75, 3.05) is 11.4 Å². The van der Waals surface area contributed by atoms with Gasteiger partial charge >= 0.3 is 0 Å². The van der Waals surface area contributed by atoms with Gasteiger partial charge in [0.2, 0.25) is 5.91 Å². The summed E-state index contributed by atoms with van der Waals surface area (Å²) in [7, 11) is 0. The molecular weight excluding hydrogens is 462 g/mol. The van der Waals surface area contributed by atoms with E-state index in [1.807, 2.05) is 35.2 Å². The molecule has 0 aliphatic rings. The van der Waals surface area contributed by atoms with Gasteiger partial charge in [-0.25, -0.2) is 13.8 Å². The molecule has 2 atom stereocenters. The van der Waals surface area contributed by atoms with E-state index in [0.717, 1.165) is 23.7 Å². The van der Waals surface area contributed by atoms with Gasteiger partial charge in [0.15, 0.2) is 0 Å². The monoisotopic (exact) mass is 496 g/mol. The Morgan fingerprint density at radius 3 is 2.25 bits per heavy atom. The molecule has 0 radical (unpaired) electrons. The van der Waals surface area contributed by atoms with Crippen molar-refractivity contribution >= 4 is 11.7 Å². The fraction of sp³-hybridized carbons (Fsp3) is 0.393. The molecule has 0 fully saturated rings. The summed E-state index contributed by atoms with van der Waals surface area (Å²) in [5.74, 6) is -1.19. The van der Waals surface area contributed by atoms with Crippen LogP contribution in [0.5, 0.6) is 0 Å². The molecule has 192 valence electrons. The molecule has 0 spiro atoms. The van der Waals surface area contributed by atoms with Crippen LogP contribution in [0.15, 0.2) is 60.9 Å². The van der Waals surface area contributed by atoms with Crippen LogP contribution in [0.3, 0.4) is 0 Å². The molecule has 3 rings (SSSR count). The Labute approximate surface area is 211 Å². The highest BCUT2D eigenvalue weighted by Gasteiger charge is 2.25. The average Bonchev–Trinajstić information content (AvgIpc) is 2.77. The number of aromatic nitrogens is 2. The van der Waals surface area contributed by atoms with Crippen molar-refractivity contribution in [3.8, 4) is 0 Å². The van der Waals surface area contributed by atoms with Crippen molar-refractivity contribution in [3.63, 3.8) is 0 Å². The third-order valence-electron chi connectivity index (χ3n) is 5.58. The lowest BCUT2D eigenvalue weighted by Crippen LogP contribution is -2.49. The Bertz CT molecular complexity index is 1110. The van der Waals surface area contributed by atoms with Gasteiger partial charge in [0.1, 0.15) is 17.5 Å². The highest BCUT2D eigenvalue weighted by Crippen LogP contribution is 2.21. The molecule has 1 amide bonds. The maximum atomic E-state index is 13.7. The van der Waals surface area contributed by atoms with E-state index in [9.17, 15) is 18.7 Å². The SMILES string of the molecule is CC(=O)NC(Cc1cc(F)cc(F)c1)C(O)CN(Cc1ccccc1)c1cnc(CC(C)(C)C)cn1. The normalized spacial score (nSPS) is 13.2. The molecule has 1 heterocycles. The lowest BCUT2D eigenvalue weighted by molar-refractivity contribution is -0.120. The molecule has 0 bridgehead atoms. The zero-order valence-corrected chi connectivity index (χ0v) is 21.2. The minimum atomic E-state index is -1.06. The van der Waals surface area contributed by atoms with E-state index in [0.29, 0.717) is 17.9 Å². The van der Waals surface area contributed by atoms with Gasteiger partial charge in [-0.3, -0.25) is 9.78 Å². The minimum Gasteiger partial charge on any atom is -0.389 e. The first kappa shape index (κ1) is 27.2. The quantitative estimate of drug-likeness (QED) is 0.433. The van der Waals surface area contributed by atoms with Crippen LogP contribution in [-0.4, -0.2) is 39.7 Å². The van der Waals surface area contributed by atoms with Crippen LogP contribution in [0, 0.1) is 17.0 Å². The summed E-state index contributed by atoms with van der Waals surface area (Å²) in [6.07, 6.45) is 3.21. The van der Waals surface area contributed by atoms with Crippen LogP contribution in [0.25, 0.3) is 0 Å². The van der Waals surface area contributed by atoms with Gasteiger partial charge in [-0.1, -0.05) is 51.1 Å². The van der Waals surface area contributed by atoms with E-state index in [1.54, 1.807) is 12.4 Å². The zero-order valence-electron chi connectivity index (χ0n) is 21.2. The number of hydrogen-bond donors (Lipinski definition) is 2. The number of nitrogens with zero attached hydrogens (tertiary/aromatic N) is 3. The largest absolute Gasteiger partial charge is 0.389 e. The summed E-state index contributed by atoms with van der Waals surface area (Å²) in [4.78, 5) is 22.9. The van der Waals surface area contributed by atoms with Crippen LogP contribution < -0.4 is 10.2 Å². The first-order valence-corrected chi connectivity index (χ1v) is 12.0. The number of aliphatic hydroxyl groups is 1. The van der Waals surface area contributed by atoms with E-state index >= 15 is 0 Å². The summed E-state index contributed by atoms with van der Waals surface area (Å²) < 4.78 is 27.5. The Hall–Kier alpha value is -3.39. The van der Waals surface area contributed by atoms with Crippen molar-refractivity contribution in [3.05, 3.63) is 89.4 Å². The van der Waals surface area contributed by atoms with Gasteiger partial charge in [0, 0.05) is 26.1 Å². The number of carbonyl (C=O) groups is 1. The molecule has 0 saturated carbocycles. The fourth-order valence-electron chi connectivity index (χ4n) is 4.07. The van der Waals surface area contributed by atoms with Crippen molar-refractivity contribution in [1.82, 2.24) is 15.3 Å². The Kier molecular flexibility index (Phi) is 9.09. The number of rotatable bonds is 10. The minimum absolute atomic E-state index is 0.0603. The van der Waals surface area contributed by atoms with Gasteiger partial charge in [0.25, 0.3) is 0 Å². The summed E-state index contributed by atoms with van der Waals surface area (Å²) in [5.41, 5.74) is 2.29. The number of halogens is 2. The number of amides is 1. The third kappa shape index (κ3) is 8.68. The maximum Gasteiger partial charge on any atom is 0.217 e. The van der Waals surface area contributed by atoms with Crippen LogP contribution in [0.2, 0.25) is 0 Å². The predicted molar refractivity (Wildman–Crippen MR) is 136 cm³/mol. The van der Waals surface area contributed by atoms with Crippen LogP contribution >= 0.6 is 0 Å². The van der Waals surface area contributed by atoms with Gasteiger partial charge in [-0.15, -0.1) is 0 Å². The second-order valence-corrected chi connectivity index (χ2v) is 10.3. The van der Waals surface area contributed by atoms with Gasteiger partial charge < -0.3 is 15.3 Å². The highest BCUT2D eigenvalue weighted by atomic mass is 19.1. The number of nitrogens with one attached hydrogen (secondary N) is 1. The number of benzene rings is 2. The van der Waals surface area contributed by atoms with E-state index in [4.69, 9.17) is 0 Å². The first-order valence-electron chi connectivity index (χ1n) is 12.0. The van der Waals surface area contributed by atoms with Crippen molar-refractivity contribution in [1.29, 1.82) is 0 Å². The molecule has 6 nitrogen and oxygen atoms in total. The third-order valence-corrected chi connectivity index (χ3v) is 5.58. The number of anilines is 1. The average molecular weight is 497 g/mol. The summed E-state index contributed by atoms with van der Waals surface area (Å²) in [6.45, 7) is 8.30. The predicted octanol–water partition coefficient (Wildman–Crippen LogP) is 4.46. The number of aliphatic hydroxyl groups excluding tert-OH is 1. The fourth-order valence-corrected chi connectivity index (χ4v) is 4.07. The van der Waals surface area contributed by atoms with Gasteiger partial charge in [-0.05, 0) is 41.5 Å². The molecular formula is C28H34F2N4O2. The van der Waals surface area contributed by atoms with E-state index in [2.05, 4.69) is 36.1 Å².